The molecule has 2 atom stereocenters. The third kappa shape index (κ3) is 3.87. The first-order valence-electron chi connectivity index (χ1n) is 9.68. The van der Waals surface area contributed by atoms with Gasteiger partial charge in [0.1, 0.15) is 0 Å². The summed E-state index contributed by atoms with van der Waals surface area (Å²) < 4.78 is 5.49. The van der Waals surface area contributed by atoms with Crippen molar-refractivity contribution in [3.05, 3.63) is 30.3 Å². The van der Waals surface area contributed by atoms with Crippen molar-refractivity contribution in [2.75, 3.05) is 31.1 Å². The van der Waals surface area contributed by atoms with Gasteiger partial charge < -0.3 is 14.3 Å². The van der Waals surface area contributed by atoms with Gasteiger partial charge in [-0.15, -0.1) is 0 Å². The fourth-order valence-corrected chi connectivity index (χ4v) is 4.20. The lowest BCUT2D eigenvalue weighted by Gasteiger charge is -2.39. The van der Waals surface area contributed by atoms with Gasteiger partial charge in [-0.3, -0.25) is 0 Å². The second kappa shape index (κ2) is 7.56. The van der Waals surface area contributed by atoms with Crippen LogP contribution in [0.1, 0.15) is 39.0 Å². The normalized spacial score (nSPS) is 25.2. The summed E-state index contributed by atoms with van der Waals surface area (Å²) in [5, 5.41) is 4.24. The number of hydrogen-bond acceptors (Lipinski definition) is 5. The van der Waals surface area contributed by atoms with Crippen LogP contribution in [-0.2, 0) is 0 Å². The summed E-state index contributed by atoms with van der Waals surface area (Å²) in [5.74, 6) is 2.06. The van der Waals surface area contributed by atoms with Crippen LogP contribution in [0, 0.1) is 5.92 Å². The molecular weight excluding hydrogens is 312 g/mol. The fourth-order valence-electron chi connectivity index (χ4n) is 4.20. The average molecular weight is 340 g/mol. The van der Waals surface area contributed by atoms with Crippen LogP contribution >= 0.6 is 0 Å². The molecular formula is C20H28N4O. The molecule has 5 heteroatoms. The molecule has 134 valence electrons. The third-order valence-electron chi connectivity index (χ3n) is 5.67. The predicted octanol–water partition coefficient (Wildman–Crippen LogP) is 3.83. The SMILES string of the molecule is CC1CCCCN1CC1CCCN(c2noc(-c3ccccc3)n2)C1. The van der Waals surface area contributed by atoms with Crippen LogP contribution in [0.2, 0.25) is 0 Å². The number of nitrogens with zero attached hydrogens (tertiary/aromatic N) is 4. The number of benzene rings is 1. The smallest absolute Gasteiger partial charge is 0.266 e. The lowest BCUT2D eigenvalue weighted by Crippen LogP contribution is -2.45. The van der Waals surface area contributed by atoms with Crippen molar-refractivity contribution in [1.29, 1.82) is 0 Å². The minimum Gasteiger partial charge on any atom is -0.338 e. The standard InChI is InChI=1S/C20H28N4O/c1-16-8-5-6-12-23(16)14-17-9-7-13-24(15-17)20-21-19(25-22-20)18-10-3-2-4-11-18/h2-4,10-11,16-17H,5-9,12-15H2,1H3. The topological polar surface area (TPSA) is 45.4 Å². The molecule has 1 aromatic heterocycles. The maximum absolute atomic E-state index is 5.49. The predicted molar refractivity (Wildman–Crippen MR) is 99.6 cm³/mol. The van der Waals surface area contributed by atoms with Gasteiger partial charge in [0, 0.05) is 31.2 Å². The van der Waals surface area contributed by atoms with Crippen LogP contribution in [0.5, 0.6) is 0 Å². The molecule has 0 radical (unpaired) electrons. The zero-order valence-corrected chi connectivity index (χ0v) is 15.1. The molecule has 2 fully saturated rings. The van der Waals surface area contributed by atoms with E-state index < -0.39 is 0 Å². The molecule has 3 heterocycles. The van der Waals surface area contributed by atoms with Crippen LogP contribution in [0.3, 0.4) is 0 Å². The van der Waals surface area contributed by atoms with Crippen molar-refractivity contribution in [2.45, 2.75) is 45.1 Å². The highest BCUT2D eigenvalue weighted by molar-refractivity contribution is 5.54. The van der Waals surface area contributed by atoms with Crippen molar-refractivity contribution < 1.29 is 4.52 Å². The molecule has 4 rings (SSSR count). The summed E-state index contributed by atoms with van der Waals surface area (Å²) in [5.41, 5.74) is 0.983. The monoisotopic (exact) mass is 340 g/mol. The largest absolute Gasteiger partial charge is 0.338 e. The second-order valence-electron chi connectivity index (χ2n) is 7.56. The van der Waals surface area contributed by atoms with E-state index in [-0.39, 0.29) is 0 Å². The van der Waals surface area contributed by atoms with Gasteiger partial charge in [-0.05, 0) is 62.4 Å². The molecule has 2 aliphatic rings. The molecule has 1 aromatic carbocycles. The minimum absolute atomic E-state index is 0.613. The molecule has 0 aliphatic carbocycles. The Morgan fingerprint density at radius 2 is 1.96 bits per heavy atom. The molecule has 25 heavy (non-hydrogen) atoms. The van der Waals surface area contributed by atoms with Crippen LogP contribution in [0.25, 0.3) is 11.5 Å². The fraction of sp³-hybridized carbons (Fsp3) is 0.600. The van der Waals surface area contributed by atoms with Crippen LogP contribution in [0.15, 0.2) is 34.9 Å². The molecule has 5 nitrogen and oxygen atoms in total. The van der Waals surface area contributed by atoms with E-state index in [9.17, 15) is 0 Å². The molecule has 2 unspecified atom stereocenters. The first-order valence-corrected chi connectivity index (χ1v) is 9.68. The van der Waals surface area contributed by atoms with E-state index in [0.29, 0.717) is 11.8 Å². The zero-order chi connectivity index (χ0) is 17.1. The lowest BCUT2D eigenvalue weighted by molar-refractivity contribution is 0.130. The zero-order valence-electron chi connectivity index (χ0n) is 15.1. The van der Waals surface area contributed by atoms with E-state index in [0.717, 1.165) is 30.6 Å². The van der Waals surface area contributed by atoms with E-state index in [1.54, 1.807) is 0 Å². The van der Waals surface area contributed by atoms with E-state index in [1.165, 1.54) is 45.2 Å². The summed E-state index contributed by atoms with van der Waals surface area (Å²) >= 11 is 0. The van der Waals surface area contributed by atoms with Crippen molar-refractivity contribution in [2.24, 2.45) is 5.92 Å². The highest BCUT2D eigenvalue weighted by Crippen LogP contribution is 2.26. The number of likely N-dealkylation sites (tertiary alicyclic amines) is 1. The number of piperidine rings is 2. The van der Waals surface area contributed by atoms with Crippen molar-refractivity contribution >= 4 is 5.95 Å². The minimum atomic E-state index is 0.613. The summed E-state index contributed by atoms with van der Waals surface area (Å²) in [4.78, 5) is 9.62. The van der Waals surface area contributed by atoms with Crippen molar-refractivity contribution in [3.63, 3.8) is 0 Å². The molecule has 0 spiro atoms. The molecule has 2 saturated heterocycles. The lowest BCUT2D eigenvalue weighted by atomic mass is 9.95. The van der Waals surface area contributed by atoms with Gasteiger partial charge in [-0.2, -0.15) is 4.98 Å². The van der Waals surface area contributed by atoms with Crippen LogP contribution in [-0.4, -0.2) is 47.3 Å². The first kappa shape index (κ1) is 16.6. The third-order valence-corrected chi connectivity index (χ3v) is 5.67. The Bertz CT molecular complexity index is 671. The Balaban J connectivity index is 1.40. The summed E-state index contributed by atoms with van der Waals surface area (Å²) in [7, 11) is 0. The quantitative estimate of drug-likeness (QED) is 0.846. The number of hydrogen-bond donors (Lipinski definition) is 0. The van der Waals surface area contributed by atoms with Gasteiger partial charge in [0.2, 0.25) is 0 Å². The molecule has 2 aromatic rings. The molecule has 0 saturated carbocycles. The Morgan fingerprint density at radius 1 is 1.08 bits per heavy atom. The second-order valence-corrected chi connectivity index (χ2v) is 7.56. The van der Waals surface area contributed by atoms with E-state index >= 15 is 0 Å². The van der Waals surface area contributed by atoms with Gasteiger partial charge in [0.05, 0.1) is 0 Å². The van der Waals surface area contributed by atoms with E-state index in [1.807, 2.05) is 30.3 Å². The Hall–Kier alpha value is -1.88. The number of anilines is 1. The van der Waals surface area contributed by atoms with Crippen LogP contribution in [0.4, 0.5) is 5.95 Å². The van der Waals surface area contributed by atoms with Gasteiger partial charge in [-0.1, -0.05) is 24.6 Å². The highest BCUT2D eigenvalue weighted by Gasteiger charge is 2.27. The van der Waals surface area contributed by atoms with Gasteiger partial charge in [-0.25, -0.2) is 0 Å². The Labute approximate surface area is 150 Å². The summed E-state index contributed by atoms with van der Waals surface area (Å²) in [6, 6.07) is 10.7. The van der Waals surface area contributed by atoms with Crippen molar-refractivity contribution in [3.8, 4) is 11.5 Å². The van der Waals surface area contributed by atoms with E-state index in [4.69, 9.17) is 4.52 Å². The summed E-state index contributed by atoms with van der Waals surface area (Å²) in [6.45, 7) is 6.92. The summed E-state index contributed by atoms with van der Waals surface area (Å²) in [6.07, 6.45) is 6.61. The Kier molecular flexibility index (Phi) is 5.02. The first-order chi connectivity index (χ1) is 12.3. The van der Waals surface area contributed by atoms with Crippen molar-refractivity contribution in [1.82, 2.24) is 15.0 Å². The van der Waals surface area contributed by atoms with Crippen LogP contribution < -0.4 is 4.90 Å². The molecule has 0 bridgehead atoms. The van der Waals surface area contributed by atoms with E-state index in [2.05, 4.69) is 26.9 Å². The molecule has 0 N–H and O–H groups in total. The number of rotatable bonds is 4. The van der Waals surface area contributed by atoms with Gasteiger partial charge in [0.25, 0.3) is 11.8 Å². The Morgan fingerprint density at radius 3 is 2.80 bits per heavy atom. The maximum Gasteiger partial charge on any atom is 0.266 e. The highest BCUT2D eigenvalue weighted by atomic mass is 16.5. The maximum atomic E-state index is 5.49. The molecule has 0 amide bonds. The van der Waals surface area contributed by atoms with Gasteiger partial charge in [0.15, 0.2) is 0 Å². The average Bonchev–Trinajstić information content (AvgIpc) is 3.15. The number of aromatic nitrogens is 2. The van der Waals surface area contributed by atoms with Gasteiger partial charge >= 0.3 is 0 Å². The molecule has 2 aliphatic heterocycles.